The summed E-state index contributed by atoms with van der Waals surface area (Å²) in [4.78, 5) is 0. The molecule has 7 heavy (non-hydrogen) atoms. The average Bonchev–Trinajstić information content (AvgIpc) is 2.17. The van der Waals surface area contributed by atoms with Crippen molar-refractivity contribution < 1.29 is 0 Å². The molecule has 0 amide bonds. The number of nitrogens with two attached hydrogens (primary N) is 3. The van der Waals surface area contributed by atoms with Gasteiger partial charge in [-0.25, -0.2) is 0 Å². The minimum atomic E-state index is -0.330. The molecule has 4 atom stereocenters. The third-order valence-electron chi connectivity index (χ3n) is 1.07. The number of rotatable bonds is 1. The maximum Gasteiger partial charge on any atom is 0.0512 e. The van der Waals surface area contributed by atoms with Crippen LogP contribution in [0, 0.1) is 0 Å². The van der Waals surface area contributed by atoms with Crippen LogP contribution < -0.4 is 16.7 Å². The molecule has 4 unspecified atom stereocenters. The summed E-state index contributed by atoms with van der Waals surface area (Å²) in [5.41, 5.74) is 16.2. The molecule has 0 aromatic rings. The van der Waals surface area contributed by atoms with Gasteiger partial charge in [0.25, 0.3) is 0 Å². The highest BCUT2D eigenvalue weighted by Crippen LogP contribution is 2.63. The second kappa shape index (κ2) is 1.93. The number of hydrogen-bond donors (Lipinski definition) is 3. The number of hydrogen-bond acceptors (Lipinski definition) is 3. The summed E-state index contributed by atoms with van der Waals surface area (Å²) in [5.74, 6) is 0.262. The maximum absolute atomic E-state index is 5.49. The summed E-state index contributed by atoms with van der Waals surface area (Å²) >= 11 is 0. The Morgan fingerprint density at radius 2 is 2.00 bits per heavy atom. The van der Waals surface area contributed by atoms with Crippen LogP contribution in [0.25, 0.3) is 0 Å². The van der Waals surface area contributed by atoms with Crippen molar-refractivity contribution in [2.45, 2.75) is 11.2 Å². The molecule has 1 fully saturated rings. The third-order valence-corrected chi connectivity index (χ3v) is 5.00. The van der Waals surface area contributed by atoms with Crippen LogP contribution in [0.5, 0.6) is 0 Å². The Balaban J connectivity index is 2.24. The Hall–Kier alpha value is 0.740. The van der Waals surface area contributed by atoms with Gasteiger partial charge in [-0.1, -0.05) is 0 Å². The van der Waals surface area contributed by atoms with E-state index in [-0.39, 0.29) is 13.9 Å². The third kappa shape index (κ3) is 0.933. The fraction of sp³-hybridized carbons (Fsp3) is 1.00. The molecular weight excluding hydrogens is 128 g/mol. The quantitative estimate of drug-likeness (QED) is 0.427. The minimum Gasteiger partial charge on any atom is -0.322 e. The van der Waals surface area contributed by atoms with Crippen LogP contribution in [-0.4, -0.2) is 11.2 Å². The monoisotopic (exact) mass is 137 g/mol. The maximum atomic E-state index is 5.49. The first-order chi connectivity index (χ1) is 3.27. The smallest absolute Gasteiger partial charge is 0.0512 e. The van der Waals surface area contributed by atoms with Crippen LogP contribution in [0.3, 0.4) is 0 Å². The topological polar surface area (TPSA) is 78.1 Å². The van der Waals surface area contributed by atoms with Gasteiger partial charge >= 0.3 is 0 Å². The van der Waals surface area contributed by atoms with Crippen LogP contribution in [0.4, 0.5) is 0 Å². The molecule has 0 bridgehead atoms. The normalized spacial score (nSPS) is 51.0. The lowest BCUT2D eigenvalue weighted by molar-refractivity contribution is 1.12. The average molecular weight is 137 g/mol. The molecule has 6 N–H and O–H groups in total. The van der Waals surface area contributed by atoms with Gasteiger partial charge in [0.05, 0.1) is 5.78 Å². The molecule has 0 saturated carbocycles. The van der Waals surface area contributed by atoms with Crippen molar-refractivity contribution in [3.63, 3.8) is 0 Å². The van der Waals surface area contributed by atoms with E-state index in [9.17, 15) is 0 Å². The van der Waals surface area contributed by atoms with E-state index in [1.807, 2.05) is 0 Å². The van der Waals surface area contributed by atoms with E-state index >= 15 is 0 Å². The van der Waals surface area contributed by atoms with Crippen molar-refractivity contribution in [2.75, 3.05) is 0 Å². The molecule has 1 aliphatic rings. The zero-order chi connectivity index (χ0) is 5.44. The van der Waals surface area contributed by atoms with E-state index in [4.69, 9.17) is 16.7 Å². The fourth-order valence-corrected chi connectivity index (χ4v) is 3.14. The van der Waals surface area contributed by atoms with Gasteiger partial charge in [-0.15, -0.1) is 0 Å². The van der Waals surface area contributed by atoms with Crippen molar-refractivity contribution in [1.82, 2.24) is 0 Å². The van der Waals surface area contributed by atoms with Gasteiger partial charge in [0, 0.05) is 5.40 Å². The summed E-state index contributed by atoms with van der Waals surface area (Å²) in [6.45, 7) is 0. The van der Waals surface area contributed by atoms with Crippen LogP contribution in [0.1, 0.15) is 0 Å². The molecule has 1 saturated heterocycles. The summed E-state index contributed by atoms with van der Waals surface area (Å²) in [6.07, 6.45) is 0. The van der Waals surface area contributed by atoms with Crippen molar-refractivity contribution in [2.24, 2.45) is 16.7 Å². The lowest BCUT2D eigenvalue weighted by Crippen LogP contribution is -2.02. The zero-order valence-corrected chi connectivity index (χ0v) is 5.73. The van der Waals surface area contributed by atoms with Gasteiger partial charge in [0.2, 0.25) is 0 Å². The molecule has 0 radical (unpaired) electrons. The minimum absolute atomic E-state index is 0.262. The molecule has 0 aromatic carbocycles. The molecule has 5 heteroatoms. The van der Waals surface area contributed by atoms with Crippen LogP contribution in [0.15, 0.2) is 0 Å². The molecule has 3 nitrogen and oxygen atoms in total. The molecule has 1 heterocycles. The fourth-order valence-electron chi connectivity index (χ4n) is 0.452. The highest BCUT2D eigenvalue weighted by Gasteiger charge is 2.43. The summed E-state index contributed by atoms with van der Waals surface area (Å²) in [5, 5.41) is 0.495. The first kappa shape index (κ1) is 5.87. The predicted molar refractivity (Wildman–Crippen MR) is 35.4 cm³/mol. The molecule has 42 valence electrons. The summed E-state index contributed by atoms with van der Waals surface area (Å²) in [6, 6.07) is 0. The second-order valence-corrected chi connectivity index (χ2v) is 5.04. The second-order valence-electron chi connectivity index (χ2n) is 1.55. The first-order valence-electron chi connectivity index (χ1n) is 2.02. The predicted octanol–water partition coefficient (Wildman–Crippen LogP) is -0.481. The van der Waals surface area contributed by atoms with Gasteiger partial charge in [-0.05, 0) is 16.8 Å². The molecule has 1 aliphatic heterocycles. The lowest BCUT2D eigenvalue weighted by atomic mass is 10.8. The van der Waals surface area contributed by atoms with Crippen molar-refractivity contribution >= 4 is 16.8 Å². The highest BCUT2D eigenvalue weighted by atomic mass is 31.2. The Morgan fingerprint density at radius 1 is 1.57 bits per heavy atom. The molecule has 0 aliphatic carbocycles. The Morgan fingerprint density at radius 3 is 2.00 bits per heavy atom. The standard InChI is InChI=1S/C2H9N3P2/c3-1-2(6-4)7(1)5/h1-2,6H,3-5H2. The molecule has 1 rings (SSSR count). The van der Waals surface area contributed by atoms with Gasteiger partial charge in [-0.3, -0.25) is 0 Å². The van der Waals surface area contributed by atoms with Gasteiger partial charge in [-0.2, -0.15) is 0 Å². The molecule has 0 aromatic heterocycles. The molecule has 0 spiro atoms. The van der Waals surface area contributed by atoms with Crippen molar-refractivity contribution in [3.05, 3.63) is 0 Å². The lowest BCUT2D eigenvalue weighted by Gasteiger charge is -1.80. The largest absolute Gasteiger partial charge is 0.322 e. The van der Waals surface area contributed by atoms with Crippen molar-refractivity contribution in [1.29, 1.82) is 0 Å². The van der Waals surface area contributed by atoms with E-state index in [0.717, 1.165) is 0 Å². The van der Waals surface area contributed by atoms with Crippen LogP contribution in [-0.2, 0) is 0 Å². The van der Waals surface area contributed by atoms with Gasteiger partial charge in [0.15, 0.2) is 0 Å². The Bertz CT molecular complexity index is 69.3. The summed E-state index contributed by atoms with van der Waals surface area (Å²) in [7, 11) is 0.135. The van der Waals surface area contributed by atoms with Gasteiger partial charge < -0.3 is 16.7 Å². The molecular formula is C2H9N3P2. The van der Waals surface area contributed by atoms with Crippen LogP contribution in [0.2, 0.25) is 0 Å². The highest BCUT2D eigenvalue weighted by molar-refractivity contribution is 7.75. The summed E-state index contributed by atoms with van der Waals surface area (Å²) < 4.78 is 0. The SMILES string of the molecule is NPC1C(N)P1N. The van der Waals surface area contributed by atoms with E-state index in [0.29, 0.717) is 14.1 Å². The van der Waals surface area contributed by atoms with E-state index in [2.05, 4.69) is 0 Å². The van der Waals surface area contributed by atoms with Gasteiger partial charge in [0.1, 0.15) is 0 Å². The van der Waals surface area contributed by atoms with E-state index < -0.39 is 0 Å². The van der Waals surface area contributed by atoms with Crippen molar-refractivity contribution in [3.8, 4) is 0 Å². The zero-order valence-electron chi connectivity index (χ0n) is 3.83. The van der Waals surface area contributed by atoms with E-state index in [1.54, 1.807) is 0 Å². The first-order valence-corrected chi connectivity index (χ1v) is 4.72. The Kier molecular flexibility index (Phi) is 1.61. The van der Waals surface area contributed by atoms with Crippen LogP contribution >= 0.6 is 16.8 Å². The van der Waals surface area contributed by atoms with E-state index in [1.165, 1.54) is 0 Å². The Labute approximate surface area is 45.6 Å².